The monoisotopic (exact) mass is 306 g/mol. The molecule has 3 nitrogen and oxygen atoms in total. The maximum atomic E-state index is 11.1. The Morgan fingerprint density at radius 1 is 1.50 bits per heavy atom. The maximum absolute atomic E-state index is 11.1. The fourth-order valence-electron chi connectivity index (χ4n) is 1.05. The summed E-state index contributed by atoms with van der Waals surface area (Å²) in [6.07, 6.45) is 1.52. The first kappa shape index (κ1) is 13.9. The van der Waals surface area contributed by atoms with Crippen molar-refractivity contribution in [3.05, 3.63) is 10.6 Å². The van der Waals surface area contributed by atoms with Crippen molar-refractivity contribution >= 4 is 30.2 Å². The number of hydrogen-bond acceptors (Lipinski definition) is 3. The first-order valence-corrected chi connectivity index (χ1v) is 9.06. The van der Waals surface area contributed by atoms with Crippen molar-refractivity contribution < 1.29 is 14.0 Å². The van der Waals surface area contributed by atoms with Gasteiger partial charge in [0.1, 0.15) is 10.6 Å². The smallest absolute Gasteiger partial charge is 0.345 e. The van der Waals surface area contributed by atoms with Crippen LogP contribution in [-0.4, -0.2) is 27.0 Å². The van der Waals surface area contributed by atoms with Gasteiger partial charge >= 0.3 is 5.97 Å². The summed E-state index contributed by atoms with van der Waals surface area (Å²) >= 11 is 3.15. The number of halogens is 1. The zero-order valence-corrected chi connectivity index (χ0v) is 13.1. The molecule has 0 aromatic carbocycles. The third kappa shape index (κ3) is 3.18. The molecule has 0 fully saturated rings. The second kappa shape index (κ2) is 4.62. The predicted octanol–water partition coefficient (Wildman–Crippen LogP) is 3.21. The number of carbonyl (C=O) groups is 1. The minimum atomic E-state index is -1.75. The normalized spacial score (nSPS) is 22.0. The molecule has 0 unspecified atom stereocenters. The van der Waals surface area contributed by atoms with E-state index in [1.54, 1.807) is 6.08 Å². The van der Waals surface area contributed by atoms with E-state index in [4.69, 9.17) is 9.16 Å². The van der Waals surface area contributed by atoms with Crippen LogP contribution in [0.3, 0.4) is 0 Å². The Balaban J connectivity index is 2.51. The average molecular weight is 307 g/mol. The van der Waals surface area contributed by atoms with Gasteiger partial charge in [-0.25, -0.2) is 4.79 Å². The molecular weight excluding hydrogens is 288 g/mol. The summed E-state index contributed by atoms with van der Waals surface area (Å²) in [6.45, 7) is 11.4. The van der Waals surface area contributed by atoms with E-state index in [-0.39, 0.29) is 17.1 Å². The number of esters is 1. The van der Waals surface area contributed by atoms with Gasteiger partial charge in [-0.05, 0) is 40.1 Å². The van der Waals surface area contributed by atoms with Crippen molar-refractivity contribution in [1.82, 2.24) is 0 Å². The van der Waals surface area contributed by atoms with E-state index in [1.165, 1.54) is 0 Å². The summed E-state index contributed by atoms with van der Waals surface area (Å²) in [7, 11) is -1.75. The molecule has 0 saturated carbocycles. The highest BCUT2D eigenvalue weighted by molar-refractivity contribution is 9.12. The first-order chi connectivity index (χ1) is 7.13. The molecule has 0 spiro atoms. The predicted molar refractivity (Wildman–Crippen MR) is 70.0 cm³/mol. The fraction of sp³-hybridized carbons (Fsp3) is 0.727. The summed E-state index contributed by atoms with van der Waals surface area (Å²) in [5.41, 5.74) is 0. The van der Waals surface area contributed by atoms with Gasteiger partial charge in [-0.2, -0.15) is 0 Å². The number of carbonyl (C=O) groups excluding carboxylic acids is 1. The lowest BCUT2D eigenvalue weighted by Gasteiger charge is -2.36. The van der Waals surface area contributed by atoms with Crippen molar-refractivity contribution in [3.8, 4) is 0 Å². The highest BCUT2D eigenvalue weighted by Crippen LogP contribution is 2.36. The summed E-state index contributed by atoms with van der Waals surface area (Å²) in [5.74, 6) is -0.302. The van der Waals surface area contributed by atoms with Crippen molar-refractivity contribution in [2.45, 2.75) is 45.0 Å². The molecule has 0 amide bonds. The molecule has 0 saturated heterocycles. The Bertz CT molecular complexity index is 318. The number of hydrogen-bond donors (Lipinski definition) is 0. The van der Waals surface area contributed by atoms with Crippen LogP contribution in [0.25, 0.3) is 0 Å². The van der Waals surface area contributed by atoms with Crippen LogP contribution in [0.2, 0.25) is 18.1 Å². The van der Waals surface area contributed by atoms with Gasteiger partial charge in [-0.3, -0.25) is 0 Å². The number of cyclic esters (lactones) is 1. The molecular formula is C11H19BrO3Si. The van der Waals surface area contributed by atoms with E-state index in [1.807, 2.05) is 0 Å². The third-order valence-electron chi connectivity index (χ3n) is 3.20. The van der Waals surface area contributed by atoms with Crippen LogP contribution >= 0.6 is 15.9 Å². The van der Waals surface area contributed by atoms with Gasteiger partial charge in [-0.15, -0.1) is 0 Å². The summed E-state index contributed by atoms with van der Waals surface area (Å²) in [6, 6.07) is 0. The Kier molecular flexibility index (Phi) is 4.02. The molecule has 1 atom stereocenters. The van der Waals surface area contributed by atoms with Gasteiger partial charge in [0, 0.05) is 0 Å². The lowest BCUT2D eigenvalue weighted by Crippen LogP contribution is -2.42. The fourth-order valence-corrected chi connectivity index (χ4v) is 2.45. The van der Waals surface area contributed by atoms with Crippen LogP contribution in [0.1, 0.15) is 20.8 Å². The van der Waals surface area contributed by atoms with Gasteiger partial charge in [0.2, 0.25) is 0 Å². The van der Waals surface area contributed by atoms with Crippen molar-refractivity contribution in [3.63, 3.8) is 0 Å². The number of rotatable bonds is 3. The lowest BCUT2D eigenvalue weighted by atomic mass is 10.2. The SMILES string of the molecule is CC(C)(C)[Si](C)(C)OC[C@@H]1C=C(Br)C(=O)O1. The molecule has 1 rings (SSSR count). The second-order valence-electron chi connectivity index (χ2n) is 5.53. The quantitative estimate of drug-likeness (QED) is 0.593. The van der Waals surface area contributed by atoms with E-state index >= 15 is 0 Å². The van der Waals surface area contributed by atoms with Crippen LogP contribution in [-0.2, 0) is 14.0 Å². The van der Waals surface area contributed by atoms with Gasteiger partial charge in [0.25, 0.3) is 0 Å². The molecule has 0 radical (unpaired) electrons. The zero-order valence-electron chi connectivity index (χ0n) is 10.5. The summed E-state index contributed by atoms with van der Waals surface area (Å²) in [4.78, 5) is 11.1. The van der Waals surface area contributed by atoms with E-state index < -0.39 is 8.32 Å². The summed E-state index contributed by atoms with van der Waals surface area (Å²) < 4.78 is 11.6. The third-order valence-corrected chi connectivity index (χ3v) is 8.29. The van der Waals surface area contributed by atoms with Gasteiger partial charge < -0.3 is 9.16 Å². The highest BCUT2D eigenvalue weighted by Gasteiger charge is 2.38. The molecule has 0 aliphatic carbocycles. The largest absolute Gasteiger partial charge is 0.452 e. The van der Waals surface area contributed by atoms with Crippen LogP contribution in [0.5, 0.6) is 0 Å². The van der Waals surface area contributed by atoms with E-state index in [0.29, 0.717) is 11.1 Å². The summed E-state index contributed by atoms with van der Waals surface area (Å²) in [5, 5.41) is 0.177. The minimum Gasteiger partial charge on any atom is -0.452 e. The zero-order chi connectivity index (χ0) is 12.6. The highest BCUT2D eigenvalue weighted by atomic mass is 79.9. The van der Waals surface area contributed by atoms with E-state index in [0.717, 1.165) is 0 Å². The molecule has 1 heterocycles. The van der Waals surface area contributed by atoms with Crippen molar-refractivity contribution in [1.29, 1.82) is 0 Å². The lowest BCUT2D eigenvalue weighted by molar-refractivity contribution is -0.139. The molecule has 0 aromatic heterocycles. The van der Waals surface area contributed by atoms with Gasteiger partial charge in [-0.1, -0.05) is 20.8 Å². The van der Waals surface area contributed by atoms with Gasteiger partial charge in [0.05, 0.1) is 6.61 Å². The number of ether oxygens (including phenoxy) is 1. The molecule has 1 aliphatic rings. The topological polar surface area (TPSA) is 35.5 Å². The first-order valence-electron chi connectivity index (χ1n) is 5.36. The molecule has 1 aliphatic heterocycles. The van der Waals surface area contributed by atoms with Crippen molar-refractivity contribution in [2.24, 2.45) is 0 Å². The van der Waals surface area contributed by atoms with E-state index in [9.17, 15) is 4.79 Å². The Morgan fingerprint density at radius 2 is 2.06 bits per heavy atom. The van der Waals surface area contributed by atoms with Crippen LogP contribution in [0.15, 0.2) is 10.6 Å². The molecule has 5 heteroatoms. The van der Waals surface area contributed by atoms with Crippen LogP contribution in [0.4, 0.5) is 0 Å². The van der Waals surface area contributed by atoms with E-state index in [2.05, 4.69) is 49.8 Å². The second-order valence-corrected chi connectivity index (χ2v) is 11.2. The Hall–Kier alpha value is -0.133. The van der Waals surface area contributed by atoms with Crippen LogP contribution in [0, 0.1) is 0 Å². The van der Waals surface area contributed by atoms with Crippen molar-refractivity contribution in [2.75, 3.05) is 6.61 Å². The Labute approximate surface area is 106 Å². The minimum absolute atomic E-state index is 0.177. The molecule has 16 heavy (non-hydrogen) atoms. The van der Waals surface area contributed by atoms with Crippen LogP contribution < -0.4 is 0 Å². The standard InChI is InChI=1S/C11H19BrO3Si/c1-11(2,3)16(4,5)14-7-8-6-9(12)10(13)15-8/h6,8H,7H2,1-5H3/t8-/m0/s1. The molecule has 0 bridgehead atoms. The Morgan fingerprint density at radius 3 is 2.44 bits per heavy atom. The molecule has 0 N–H and O–H groups in total. The molecule has 92 valence electrons. The van der Waals surface area contributed by atoms with Gasteiger partial charge in [0.15, 0.2) is 8.32 Å². The maximum Gasteiger partial charge on any atom is 0.345 e. The molecule has 0 aromatic rings. The average Bonchev–Trinajstić information content (AvgIpc) is 2.41.